The number of Topliss-reactive ketones (excluding diaryl/α,β-unsaturated/α-hetero) is 1. The van der Waals surface area contributed by atoms with Crippen LogP contribution in [0, 0.1) is 27.7 Å². The lowest BCUT2D eigenvalue weighted by atomic mass is 10.1. The summed E-state index contributed by atoms with van der Waals surface area (Å²) in [7, 11) is 0. The Labute approximate surface area is 162 Å². The number of ketones is 1. The standard InChI is InChI=1S/C20H23N3O5/c1-10(2)19-18(13(5)21-28-19)20(25)26-9-16(24)15-7-11(3)23(14(15)6)17-8-12(4)27-22-17/h7-8,10H,9H2,1-6H3. The Morgan fingerprint density at radius 1 is 1.11 bits per heavy atom. The van der Waals surface area contributed by atoms with Crippen LogP contribution in [0.3, 0.4) is 0 Å². The molecule has 0 amide bonds. The zero-order chi connectivity index (χ0) is 20.6. The van der Waals surface area contributed by atoms with Gasteiger partial charge in [-0.2, -0.15) is 0 Å². The van der Waals surface area contributed by atoms with Crippen molar-refractivity contribution < 1.29 is 23.4 Å². The third-order valence-corrected chi connectivity index (χ3v) is 4.53. The van der Waals surface area contributed by atoms with E-state index < -0.39 is 5.97 Å². The van der Waals surface area contributed by atoms with E-state index in [1.165, 1.54) is 0 Å². The minimum absolute atomic E-state index is 0.0238. The number of esters is 1. The molecule has 0 aliphatic carbocycles. The molecular formula is C20H23N3O5. The van der Waals surface area contributed by atoms with Crippen molar-refractivity contribution in [3.8, 4) is 5.82 Å². The molecule has 0 N–H and O–H groups in total. The molecule has 0 aliphatic rings. The van der Waals surface area contributed by atoms with E-state index in [-0.39, 0.29) is 23.9 Å². The monoisotopic (exact) mass is 385 g/mol. The number of aryl methyl sites for hydroxylation is 3. The molecule has 28 heavy (non-hydrogen) atoms. The summed E-state index contributed by atoms with van der Waals surface area (Å²) in [6, 6.07) is 3.54. The predicted molar refractivity (Wildman–Crippen MR) is 100.0 cm³/mol. The van der Waals surface area contributed by atoms with Crippen molar-refractivity contribution in [1.29, 1.82) is 0 Å². The second kappa shape index (κ2) is 7.46. The number of carbonyl (C=O) groups is 2. The van der Waals surface area contributed by atoms with Gasteiger partial charge in [-0.05, 0) is 33.8 Å². The second-order valence-electron chi connectivity index (χ2n) is 7.08. The molecule has 3 rings (SSSR count). The third-order valence-electron chi connectivity index (χ3n) is 4.53. The second-order valence-corrected chi connectivity index (χ2v) is 7.08. The van der Waals surface area contributed by atoms with Gasteiger partial charge in [0.25, 0.3) is 0 Å². The lowest BCUT2D eigenvalue weighted by Gasteiger charge is -2.07. The first kappa shape index (κ1) is 19.6. The summed E-state index contributed by atoms with van der Waals surface area (Å²) in [5, 5.41) is 7.83. The Balaban J connectivity index is 1.78. The summed E-state index contributed by atoms with van der Waals surface area (Å²) in [6.07, 6.45) is 0. The number of nitrogens with zero attached hydrogens (tertiary/aromatic N) is 3. The molecule has 0 saturated heterocycles. The van der Waals surface area contributed by atoms with Crippen molar-refractivity contribution in [2.24, 2.45) is 0 Å². The SMILES string of the molecule is Cc1cc(-n2c(C)cc(C(=O)COC(=O)c3c(C)noc3C(C)C)c2C)no1. The molecule has 0 saturated carbocycles. The molecule has 0 radical (unpaired) electrons. The van der Waals surface area contributed by atoms with Gasteiger partial charge < -0.3 is 13.8 Å². The first-order chi connectivity index (χ1) is 13.2. The molecule has 0 aliphatic heterocycles. The number of aromatic nitrogens is 3. The fourth-order valence-electron chi connectivity index (χ4n) is 3.17. The molecule has 0 fully saturated rings. The van der Waals surface area contributed by atoms with Crippen molar-refractivity contribution in [2.75, 3.05) is 6.61 Å². The van der Waals surface area contributed by atoms with Gasteiger partial charge in [0.05, 0.1) is 5.69 Å². The Morgan fingerprint density at radius 3 is 2.43 bits per heavy atom. The van der Waals surface area contributed by atoms with Gasteiger partial charge in [0.1, 0.15) is 11.3 Å². The average molecular weight is 385 g/mol. The maximum Gasteiger partial charge on any atom is 0.344 e. The van der Waals surface area contributed by atoms with E-state index >= 15 is 0 Å². The summed E-state index contributed by atoms with van der Waals surface area (Å²) in [5.74, 6) is 0.795. The fourth-order valence-corrected chi connectivity index (χ4v) is 3.17. The van der Waals surface area contributed by atoms with E-state index in [0.29, 0.717) is 34.3 Å². The van der Waals surface area contributed by atoms with Gasteiger partial charge in [0.2, 0.25) is 5.78 Å². The van der Waals surface area contributed by atoms with Crippen LogP contribution in [0.2, 0.25) is 0 Å². The van der Waals surface area contributed by atoms with Crippen LogP contribution >= 0.6 is 0 Å². The molecule has 8 heteroatoms. The van der Waals surface area contributed by atoms with Crippen LogP contribution in [0.15, 0.2) is 21.2 Å². The molecule has 0 atom stereocenters. The molecule has 8 nitrogen and oxygen atoms in total. The van der Waals surface area contributed by atoms with E-state index in [4.69, 9.17) is 13.8 Å². The van der Waals surface area contributed by atoms with E-state index in [2.05, 4.69) is 10.3 Å². The molecule has 3 aromatic rings. The highest BCUT2D eigenvalue weighted by atomic mass is 16.5. The first-order valence-electron chi connectivity index (χ1n) is 8.99. The van der Waals surface area contributed by atoms with Crippen LogP contribution in [-0.2, 0) is 4.74 Å². The average Bonchev–Trinajstić information content (AvgIpc) is 3.30. The van der Waals surface area contributed by atoms with Crippen LogP contribution in [0.1, 0.15) is 69.1 Å². The predicted octanol–water partition coefficient (Wildman–Crippen LogP) is 3.85. The van der Waals surface area contributed by atoms with Gasteiger partial charge in [-0.15, -0.1) is 0 Å². The Kier molecular flexibility index (Phi) is 5.22. The van der Waals surface area contributed by atoms with E-state index in [9.17, 15) is 9.59 Å². The van der Waals surface area contributed by atoms with Crippen LogP contribution in [0.25, 0.3) is 5.82 Å². The van der Waals surface area contributed by atoms with E-state index in [0.717, 1.165) is 5.69 Å². The van der Waals surface area contributed by atoms with Crippen molar-refractivity contribution in [2.45, 2.75) is 47.5 Å². The highest BCUT2D eigenvalue weighted by Gasteiger charge is 2.25. The molecule has 0 bridgehead atoms. The lowest BCUT2D eigenvalue weighted by molar-refractivity contribution is 0.0471. The van der Waals surface area contributed by atoms with Crippen LogP contribution in [0.5, 0.6) is 0 Å². The van der Waals surface area contributed by atoms with Gasteiger partial charge in [0.15, 0.2) is 18.2 Å². The molecule has 0 spiro atoms. The van der Waals surface area contributed by atoms with Gasteiger partial charge in [-0.1, -0.05) is 24.2 Å². The van der Waals surface area contributed by atoms with Crippen molar-refractivity contribution in [3.05, 3.63) is 51.9 Å². The number of ether oxygens (including phenoxy) is 1. The minimum Gasteiger partial charge on any atom is -0.454 e. The van der Waals surface area contributed by atoms with Gasteiger partial charge in [-0.25, -0.2) is 4.79 Å². The minimum atomic E-state index is -0.614. The van der Waals surface area contributed by atoms with E-state index in [1.54, 1.807) is 26.0 Å². The topological polar surface area (TPSA) is 100 Å². The van der Waals surface area contributed by atoms with Crippen LogP contribution in [0.4, 0.5) is 0 Å². The molecule has 0 unspecified atom stereocenters. The lowest BCUT2D eigenvalue weighted by Crippen LogP contribution is -2.16. The number of carbonyl (C=O) groups excluding carboxylic acids is 2. The Bertz CT molecular complexity index is 1040. The smallest absolute Gasteiger partial charge is 0.344 e. The Morgan fingerprint density at radius 2 is 1.82 bits per heavy atom. The number of hydrogen-bond acceptors (Lipinski definition) is 7. The summed E-state index contributed by atoms with van der Waals surface area (Å²) >= 11 is 0. The van der Waals surface area contributed by atoms with Crippen molar-refractivity contribution in [1.82, 2.24) is 14.9 Å². The zero-order valence-corrected chi connectivity index (χ0v) is 16.8. The third kappa shape index (κ3) is 3.49. The largest absolute Gasteiger partial charge is 0.454 e. The van der Waals surface area contributed by atoms with Gasteiger partial charge in [-0.3, -0.25) is 9.36 Å². The van der Waals surface area contributed by atoms with Crippen molar-refractivity contribution >= 4 is 11.8 Å². The van der Waals surface area contributed by atoms with Crippen LogP contribution in [-0.4, -0.2) is 33.2 Å². The highest BCUT2D eigenvalue weighted by molar-refractivity contribution is 6.01. The van der Waals surface area contributed by atoms with Gasteiger partial charge >= 0.3 is 5.97 Å². The van der Waals surface area contributed by atoms with Gasteiger partial charge in [0, 0.05) is 28.9 Å². The normalized spacial score (nSPS) is 11.2. The fraction of sp³-hybridized carbons (Fsp3) is 0.400. The first-order valence-corrected chi connectivity index (χ1v) is 8.99. The molecule has 3 aromatic heterocycles. The van der Waals surface area contributed by atoms with Crippen LogP contribution < -0.4 is 0 Å². The molecular weight excluding hydrogens is 362 g/mol. The molecule has 148 valence electrons. The maximum atomic E-state index is 12.7. The summed E-state index contributed by atoms with van der Waals surface area (Å²) in [6.45, 7) is 10.6. The van der Waals surface area contributed by atoms with Crippen molar-refractivity contribution in [3.63, 3.8) is 0 Å². The zero-order valence-electron chi connectivity index (χ0n) is 16.8. The van der Waals surface area contributed by atoms with E-state index in [1.807, 2.05) is 32.3 Å². The summed E-state index contributed by atoms with van der Waals surface area (Å²) in [5.41, 5.74) is 2.73. The Hall–Kier alpha value is -3.16. The summed E-state index contributed by atoms with van der Waals surface area (Å²) < 4.78 is 17.4. The summed E-state index contributed by atoms with van der Waals surface area (Å²) in [4.78, 5) is 25.1. The highest BCUT2D eigenvalue weighted by Crippen LogP contribution is 2.24. The molecule has 3 heterocycles. The maximum absolute atomic E-state index is 12.7. The quantitative estimate of drug-likeness (QED) is 0.469. The molecule has 0 aromatic carbocycles. The number of rotatable bonds is 6. The number of hydrogen-bond donors (Lipinski definition) is 0.